The molecule has 140 valence electrons. The Balaban J connectivity index is 1.82. The fraction of sp³-hybridized carbons (Fsp3) is 0.429. The summed E-state index contributed by atoms with van der Waals surface area (Å²) >= 11 is 3.39. The molecule has 1 N–H and O–H groups in total. The molecule has 3 rings (SSSR count). The number of hydrogen-bond donors (Lipinski definition) is 1. The van der Waals surface area contributed by atoms with Crippen molar-refractivity contribution in [2.75, 3.05) is 0 Å². The lowest BCUT2D eigenvalue weighted by atomic mass is 10.1. The summed E-state index contributed by atoms with van der Waals surface area (Å²) < 4.78 is 43.1. The summed E-state index contributed by atoms with van der Waals surface area (Å²) in [7, 11) is 0. The number of hydrazone groups is 1. The van der Waals surface area contributed by atoms with E-state index in [0.29, 0.717) is 0 Å². The van der Waals surface area contributed by atoms with Crippen LogP contribution in [0, 0.1) is 13.8 Å². The molecule has 1 atom stereocenters. The lowest BCUT2D eigenvalue weighted by molar-refractivity contribution is -0.297. The van der Waals surface area contributed by atoms with Gasteiger partial charge in [-0.3, -0.25) is 9.48 Å². The van der Waals surface area contributed by atoms with Crippen LogP contribution >= 0.6 is 15.9 Å². The van der Waals surface area contributed by atoms with E-state index in [-0.39, 0.29) is 17.4 Å². The summed E-state index contributed by atoms with van der Waals surface area (Å²) in [6.45, 7) is 3.81. The number of alkyl halides is 3. The zero-order valence-corrected chi connectivity index (χ0v) is 15.3. The molecule has 1 aliphatic rings. The van der Waals surface area contributed by atoms with Crippen LogP contribution in [0.4, 0.5) is 13.2 Å². The Kier molecular flexibility index (Phi) is 4.43. The fourth-order valence-corrected chi connectivity index (χ4v) is 2.78. The Hall–Kier alpha value is -2.21. The van der Waals surface area contributed by atoms with E-state index in [1.54, 1.807) is 4.68 Å². The molecule has 3 heterocycles. The first kappa shape index (κ1) is 18.6. The van der Waals surface area contributed by atoms with E-state index < -0.39 is 24.2 Å². The van der Waals surface area contributed by atoms with Crippen molar-refractivity contribution in [2.45, 2.75) is 38.8 Å². The fourth-order valence-electron chi connectivity index (χ4n) is 2.50. The van der Waals surface area contributed by atoms with E-state index in [1.807, 2.05) is 13.8 Å². The van der Waals surface area contributed by atoms with Crippen LogP contribution in [0.3, 0.4) is 0 Å². The van der Waals surface area contributed by atoms with Gasteiger partial charge in [-0.05, 0) is 35.8 Å². The van der Waals surface area contributed by atoms with E-state index in [1.165, 1.54) is 16.9 Å². The highest BCUT2D eigenvalue weighted by Crippen LogP contribution is 2.39. The summed E-state index contributed by atoms with van der Waals surface area (Å²) in [5, 5.41) is 21.5. The summed E-state index contributed by atoms with van der Waals surface area (Å²) in [6, 6.07) is 1.26. The molecule has 0 saturated heterocycles. The van der Waals surface area contributed by atoms with Gasteiger partial charge in [0.2, 0.25) is 0 Å². The molecule has 26 heavy (non-hydrogen) atoms. The van der Waals surface area contributed by atoms with Crippen LogP contribution in [-0.4, -0.2) is 53.7 Å². The van der Waals surface area contributed by atoms with Gasteiger partial charge in [0.15, 0.2) is 5.69 Å². The number of aryl methyl sites for hydroxylation is 1. The molecule has 0 saturated carbocycles. The molecular formula is C14H14BrF3N6O2. The third-order valence-corrected chi connectivity index (χ3v) is 5.15. The lowest BCUT2D eigenvalue weighted by Gasteiger charge is -2.32. The molecule has 0 radical (unpaired) electrons. The van der Waals surface area contributed by atoms with Crippen LogP contribution in [0.5, 0.6) is 0 Å². The summed E-state index contributed by atoms with van der Waals surface area (Å²) in [5.74, 6) is -1.15. The molecule has 0 aliphatic carbocycles. The average molecular weight is 435 g/mol. The highest BCUT2D eigenvalue weighted by molar-refractivity contribution is 9.10. The number of nitrogens with zero attached hydrogens (tertiary/aromatic N) is 6. The van der Waals surface area contributed by atoms with E-state index in [4.69, 9.17) is 0 Å². The van der Waals surface area contributed by atoms with E-state index in [0.717, 1.165) is 22.1 Å². The Morgan fingerprint density at radius 1 is 1.38 bits per heavy atom. The van der Waals surface area contributed by atoms with Gasteiger partial charge in [0.25, 0.3) is 11.6 Å². The van der Waals surface area contributed by atoms with Gasteiger partial charge in [-0.25, -0.2) is 4.68 Å². The van der Waals surface area contributed by atoms with Gasteiger partial charge < -0.3 is 5.11 Å². The van der Waals surface area contributed by atoms with E-state index in [9.17, 15) is 23.1 Å². The monoisotopic (exact) mass is 434 g/mol. The Morgan fingerprint density at radius 2 is 2.08 bits per heavy atom. The molecule has 12 heteroatoms. The molecule has 0 aromatic carbocycles. The number of rotatable bonds is 3. The van der Waals surface area contributed by atoms with Gasteiger partial charge in [-0.1, -0.05) is 0 Å². The van der Waals surface area contributed by atoms with Crippen LogP contribution in [-0.2, 0) is 6.67 Å². The van der Waals surface area contributed by atoms with Crippen molar-refractivity contribution in [2.24, 2.45) is 5.10 Å². The number of carbonyl (C=O) groups is 1. The van der Waals surface area contributed by atoms with E-state index in [2.05, 4.69) is 31.2 Å². The lowest BCUT2D eigenvalue weighted by Crippen LogP contribution is -2.56. The van der Waals surface area contributed by atoms with Crippen molar-refractivity contribution in [3.05, 3.63) is 33.8 Å². The van der Waals surface area contributed by atoms with Crippen molar-refractivity contribution in [3.63, 3.8) is 0 Å². The largest absolute Gasteiger partial charge is 0.438 e. The average Bonchev–Trinajstić information content (AvgIpc) is 3.23. The van der Waals surface area contributed by atoms with Gasteiger partial charge in [0.05, 0.1) is 15.9 Å². The van der Waals surface area contributed by atoms with Gasteiger partial charge in [-0.2, -0.15) is 33.5 Å². The highest BCUT2D eigenvalue weighted by atomic mass is 79.9. The third-order valence-electron chi connectivity index (χ3n) is 4.00. The van der Waals surface area contributed by atoms with Gasteiger partial charge >= 0.3 is 6.18 Å². The zero-order valence-electron chi connectivity index (χ0n) is 13.7. The first-order valence-electron chi connectivity index (χ1n) is 7.43. The van der Waals surface area contributed by atoms with Crippen molar-refractivity contribution in [3.8, 4) is 0 Å². The highest BCUT2D eigenvalue weighted by Gasteiger charge is 2.61. The second-order valence-corrected chi connectivity index (χ2v) is 6.59. The zero-order chi connectivity index (χ0) is 19.3. The van der Waals surface area contributed by atoms with Crippen molar-refractivity contribution >= 4 is 28.1 Å². The topological polar surface area (TPSA) is 88.5 Å². The summed E-state index contributed by atoms with van der Waals surface area (Å²) in [4.78, 5) is 12.3. The van der Waals surface area contributed by atoms with Gasteiger partial charge in [-0.15, -0.1) is 0 Å². The standard InChI is InChI=1S/C14H14BrF3N6O2/c1-8-11(15)9(2)23(20-8)7-22-6-3-10(21-22)12(25)24-13(26,4-5-19-24)14(16,17)18/h3,5-6,26H,4,7H2,1-2H3/t13-/m1/s1. The van der Waals surface area contributed by atoms with Crippen LogP contribution in [0.2, 0.25) is 0 Å². The number of halogens is 4. The van der Waals surface area contributed by atoms with Crippen LogP contribution in [0.15, 0.2) is 21.8 Å². The maximum absolute atomic E-state index is 13.1. The number of aromatic nitrogens is 4. The van der Waals surface area contributed by atoms with Crippen molar-refractivity contribution in [1.29, 1.82) is 0 Å². The molecule has 1 aliphatic heterocycles. The van der Waals surface area contributed by atoms with Gasteiger partial charge in [0, 0.05) is 18.8 Å². The summed E-state index contributed by atoms with van der Waals surface area (Å²) in [5.41, 5.74) is -2.03. The maximum atomic E-state index is 13.1. The Bertz CT molecular complexity index is 890. The Morgan fingerprint density at radius 3 is 2.65 bits per heavy atom. The number of amides is 1. The number of hydrogen-bond acceptors (Lipinski definition) is 5. The molecule has 0 spiro atoms. The molecule has 0 unspecified atom stereocenters. The van der Waals surface area contributed by atoms with Crippen molar-refractivity contribution < 1.29 is 23.1 Å². The molecule has 0 fully saturated rings. The minimum absolute atomic E-state index is 0.0135. The molecule has 0 bridgehead atoms. The number of aliphatic hydroxyl groups is 1. The second kappa shape index (κ2) is 6.20. The normalized spacial score (nSPS) is 20.2. The third kappa shape index (κ3) is 2.92. The van der Waals surface area contributed by atoms with Crippen LogP contribution in [0.1, 0.15) is 28.3 Å². The first-order valence-corrected chi connectivity index (χ1v) is 8.23. The van der Waals surface area contributed by atoms with Crippen molar-refractivity contribution in [1.82, 2.24) is 24.6 Å². The van der Waals surface area contributed by atoms with Crippen LogP contribution in [0.25, 0.3) is 0 Å². The van der Waals surface area contributed by atoms with Crippen LogP contribution < -0.4 is 0 Å². The minimum atomic E-state index is -5.04. The quantitative estimate of drug-likeness (QED) is 0.800. The summed E-state index contributed by atoms with van der Waals surface area (Å²) in [6.07, 6.45) is -3.60. The Labute approximate surface area is 154 Å². The second-order valence-electron chi connectivity index (χ2n) is 5.80. The van der Waals surface area contributed by atoms with Gasteiger partial charge in [0.1, 0.15) is 6.67 Å². The molecule has 2 aromatic rings. The molecular weight excluding hydrogens is 421 g/mol. The maximum Gasteiger partial charge on any atom is 0.438 e. The predicted molar refractivity (Wildman–Crippen MR) is 87.3 cm³/mol. The molecule has 8 nitrogen and oxygen atoms in total. The first-order chi connectivity index (χ1) is 12.0. The van der Waals surface area contributed by atoms with E-state index >= 15 is 0 Å². The number of carbonyl (C=O) groups excluding carboxylic acids is 1. The molecule has 2 aromatic heterocycles. The minimum Gasteiger partial charge on any atom is -0.362 e. The smallest absolute Gasteiger partial charge is 0.362 e. The predicted octanol–water partition coefficient (Wildman–Crippen LogP) is 2.05. The molecule has 1 amide bonds. The SMILES string of the molecule is Cc1nn(Cn2ccc(C(=O)N3N=CC[C@@]3(O)C(F)(F)F)n2)c(C)c1Br.